The number of carbonyl (C=O) groups excluding carboxylic acids is 1. The van der Waals surface area contributed by atoms with E-state index in [4.69, 9.17) is 0 Å². The molecule has 0 radical (unpaired) electrons. The monoisotopic (exact) mass is 320 g/mol. The lowest BCUT2D eigenvalue weighted by atomic mass is 10.0. The summed E-state index contributed by atoms with van der Waals surface area (Å²) in [6.45, 7) is 3.91. The van der Waals surface area contributed by atoms with E-state index in [0.29, 0.717) is 0 Å². The molecule has 1 aliphatic carbocycles. The number of aryl methyl sites for hydroxylation is 1. The summed E-state index contributed by atoms with van der Waals surface area (Å²) in [6.07, 6.45) is 8.59. The van der Waals surface area contributed by atoms with Gasteiger partial charge in [-0.25, -0.2) is 14.8 Å². The van der Waals surface area contributed by atoms with Crippen LogP contribution in [0.1, 0.15) is 19.2 Å². The highest BCUT2D eigenvalue weighted by atomic mass is 16.2. The van der Waals surface area contributed by atoms with E-state index in [9.17, 15) is 4.79 Å². The summed E-state index contributed by atoms with van der Waals surface area (Å²) in [6, 6.07) is 9.30. The lowest BCUT2D eigenvalue weighted by Gasteiger charge is -2.18. The van der Waals surface area contributed by atoms with Gasteiger partial charge in [-0.15, -0.1) is 0 Å². The van der Waals surface area contributed by atoms with Crippen molar-refractivity contribution in [2.45, 2.75) is 26.3 Å². The third kappa shape index (κ3) is 4.07. The van der Waals surface area contributed by atoms with Crippen LogP contribution in [0.3, 0.4) is 0 Å². The summed E-state index contributed by atoms with van der Waals surface area (Å²) in [5, 5.41) is 5.84. The molecule has 1 unspecified atom stereocenters. The van der Waals surface area contributed by atoms with Gasteiger partial charge in [-0.1, -0.05) is 35.9 Å². The summed E-state index contributed by atoms with van der Waals surface area (Å²) in [5.74, 6) is 0.719. The molecular formula is C19H20N4O. The third-order valence-corrected chi connectivity index (χ3v) is 3.77. The molecule has 1 aliphatic rings. The van der Waals surface area contributed by atoms with E-state index in [1.807, 2.05) is 49.4 Å². The van der Waals surface area contributed by atoms with Gasteiger partial charge in [-0.05, 0) is 38.5 Å². The molecule has 0 spiro atoms. The fraction of sp³-hybridized carbons (Fsp3) is 0.211. The average Bonchev–Trinajstić information content (AvgIpc) is 2.55. The van der Waals surface area contributed by atoms with Crippen molar-refractivity contribution in [3.05, 3.63) is 66.2 Å². The third-order valence-electron chi connectivity index (χ3n) is 3.77. The number of amides is 2. The quantitative estimate of drug-likeness (QED) is 0.902. The lowest BCUT2D eigenvalue weighted by Crippen LogP contribution is -2.37. The van der Waals surface area contributed by atoms with Crippen molar-refractivity contribution in [1.29, 1.82) is 0 Å². The van der Waals surface area contributed by atoms with Crippen molar-refractivity contribution in [1.82, 2.24) is 15.3 Å². The van der Waals surface area contributed by atoms with Crippen molar-refractivity contribution in [3.63, 3.8) is 0 Å². The van der Waals surface area contributed by atoms with Crippen molar-refractivity contribution in [3.8, 4) is 11.3 Å². The number of allylic oxidation sites excluding steroid dienone is 2. The standard InChI is InChI=1S/C19H20N4O/c1-13-5-3-7-16(11-13)22-19(24)23-17-8-4-6-15(12-17)18-9-10-20-14(2)21-18/h3-10,12,16H,11H2,1-2H3,(H2,22,23,24). The molecular weight excluding hydrogens is 300 g/mol. The molecule has 1 heterocycles. The Kier molecular flexibility index (Phi) is 4.70. The Balaban J connectivity index is 1.67. The van der Waals surface area contributed by atoms with E-state index in [2.05, 4.69) is 33.6 Å². The first-order chi connectivity index (χ1) is 11.6. The fourth-order valence-electron chi connectivity index (χ4n) is 2.64. The molecule has 1 atom stereocenters. The molecule has 2 amide bonds. The number of nitrogens with one attached hydrogen (secondary N) is 2. The summed E-state index contributed by atoms with van der Waals surface area (Å²) in [4.78, 5) is 20.7. The zero-order valence-corrected chi connectivity index (χ0v) is 13.8. The molecule has 2 aromatic rings. The Morgan fingerprint density at radius 2 is 2.12 bits per heavy atom. The number of aromatic nitrogens is 2. The van der Waals surface area contributed by atoms with Crippen molar-refractivity contribution < 1.29 is 4.79 Å². The number of hydrogen-bond acceptors (Lipinski definition) is 3. The number of urea groups is 1. The molecule has 0 bridgehead atoms. The van der Waals surface area contributed by atoms with E-state index >= 15 is 0 Å². The zero-order chi connectivity index (χ0) is 16.9. The molecule has 0 saturated carbocycles. The Morgan fingerprint density at radius 3 is 2.92 bits per heavy atom. The van der Waals surface area contributed by atoms with Crippen LogP contribution < -0.4 is 10.6 Å². The molecule has 1 aromatic heterocycles. The van der Waals surface area contributed by atoms with Crippen LogP contribution in [0.15, 0.2) is 60.3 Å². The molecule has 0 fully saturated rings. The van der Waals surface area contributed by atoms with Crippen LogP contribution in [0.25, 0.3) is 11.3 Å². The van der Waals surface area contributed by atoms with Gasteiger partial charge in [0.2, 0.25) is 0 Å². The predicted octanol–water partition coefficient (Wildman–Crippen LogP) is 3.85. The van der Waals surface area contributed by atoms with E-state index in [1.54, 1.807) is 6.20 Å². The van der Waals surface area contributed by atoms with Gasteiger partial charge in [0.1, 0.15) is 5.82 Å². The first kappa shape index (κ1) is 15.9. The number of rotatable bonds is 3. The zero-order valence-electron chi connectivity index (χ0n) is 13.8. The van der Waals surface area contributed by atoms with Crippen LogP contribution >= 0.6 is 0 Å². The first-order valence-corrected chi connectivity index (χ1v) is 7.92. The van der Waals surface area contributed by atoms with E-state index in [1.165, 1.54) is 5.57 Å². The molecule has 5 nitrogen and oxygen atoms in total. The van der Waals surface area contributed by atoms with Gasteiger partial charge in [0.05, 0.1) is 11.7 Å². The van der Waals surface area contributed by atoms with E-state index < -0.39 is 0 Å². The number of benzene rings is 1. The summed E-state index contributed by atoms with van der Waals surface area (Å²) < 4.78 is 0. The Morgan fingerprint density at radius 1 is 1.25 bits per heavy atom. The van der Waals surface area contributed by atoms with Crippen LogP contribution in [0.5, 0.6) is 0 Å². The summed E-state index contributed by atoms with van der Waals surface area (Å²) in [7, 11) is 0. The largest absolute Gasteiger partial charge is 0.331 e. The van der Waals surface area contributed by atoms with Crippen LogP contribution in [0.4, 0.5) is 10.5 Å². The van der Waals surface area contributed by atoms with Crippen LogP contribution in [-0.2, 0) is 0 Å². The predicted molar refractivity (Wildman–Crippen MR) is 95.7 cm³/mol. The number of hydrogen-bond donors (Lipinski definition) is 2. The first-order valence-electron chi connectivity index (χ1n) is 7.92. The normalized spacial score (nSPS) is 16.4. The smallest absolute Gasteiger partial charge is 0.319 e. The minimum Gasteiger partial charge on any atom is -0.331 e. The highest BCUT2D eigenvalue weighted by molar-refractivity contribution is 5.90. The molecule has 1 aromatic carbocycles. The van der Waals surface area contributed by atoms with Crippen molar-refractivity contribution >= 4 is 11.7 Å². The van der Waals surface area contributed by atoms with E-state index in [0.717, 1.165) is 29.2 Å². The molecule has 24 heavy (non-hydrogen) atoms. The van der Waals surface area contributed by atoms with Gasteiger partial charge in [0, 0.05) is 17.4 Å². The Labute approximate surface area is 141 Å². The van der Waals surface area contributed by atoms with Gasteiger partial charge in [-0.3, -0.25) is 0 Å². The molecule has 3 rings (SSSR count). The second-order valence-electron chi connectivity index (χ2n) is 5.88. The number of carbonyl (C=O) groups is 1. The topological polar surface area (TPSA) is 66.9 Å². The SMILES string of the molecule is CC1=CC=CC(NC(=O)Nc2cccc(-c3ccnc(C)n3)c2)C1. The molecule has 5 heteroatoms. The molecule has 122 valence electrons. The second-order valence-corrected chi connectivity index (χ2v) is 5.88. The van der Waals surface area contributed by atoms with Gasteiger partial charge in [0.25, 0.3) is 0 Å². The minimum atomic E-state index is -0.213. The van der Waals surface area contributed by atoms with Gasteiger partial charge in [-0.2, -0.15) is 0 Å². The maximum absolute atomic E-state index is 12.2. The van der Waals surface area contributed by atoms with Crippen LogP contribution in [-0.4, -0.2) is 22.0 Å². The maximum atomic E-state index is 12.2. The van der Waals surface area contributed by atoms with Gasteiger partial charge >= 0.3 is 6.03 Å². The van der Waals surface area contributed by atoms with Gasteiger partial charge < -0.3 is 10.6 Å². The van der Waals surface area contributed by atoms with Crippen molar-refractivity contribution in [2.75, 3.05) is 5.32 Å². The summed E-state index contributed by atoms with van der Waals surface area (Å²) >= 11 is 0. The molecule has 0 saturated heterocycles. The van der Waals surface area contributed by atoms with Crippen LogP contribution in [0, 0.1) is 6.92 Å². The molecule has 0 aliphatic heterocycles. The lowest BCUT2D eigenvalue weighted by molar-refractivity contribution is 0.250. The highest BCUT2D eigenvalue weighted by Gasteiger charge is 2.12. The highest BCUT2D eigenvalue weighted by Crippen LogP contribution is 2.20. The second kappa shape index (κ2) is 7.08. The maximum Gasteiger partial charge on any atom is 0.319 e. The Bertz CT molecular complexity index is 811. The minimum absolute atomic E-state index is 0.0303. The molecule has 2 N–H and O–H groups in total. The van der Waals surface area contributed by atoms with E-state index in [-0.39, 0.29) is 12.1 Å². The average molecular weight is 320 g/mol. The van der Waals surface area contributed by atoms with Crippen LogP contribution in [0.2, 0.25) is 0 Å². The fourth-order valence-corrected chi connectivity index (χ4v) is 2.64. The summed E-state index contributed by atoms with van der Waals surface area (Å²) in [5.41, 5.74) is 3.76. The Hall–Kier alpha value is -2.95. The van der Waals surface area contributed by atoms with Crippen molar-refractivity contribution in [2.24, 2.45) is 0 Å². The van der Waals surface area contributed by atoms with Gasteiger partial charge in [0.15, 0.2) is 0 Å². The number of anilines is 1. The number of nitrogens with zero attached hydrogens (tertiary/aromatic N) is 2.